The second kappa shape index (κ2) is 12.4. The second-order valence-corrected chi connectivity index (χ2v) is 11.6. The molecule has 1 N–H and O–H groups in total. The monoisotopic (exact) mass is 586 g/mol. The summed E-state index contributed by atoms with van der Waals surface area (Å²) in [5, 5.41) is 10.5. The highest BCUT2D eigenvalue weighted by atomic mass is 35.5. The van der Waals surface area contributed by atoms with Crippen LogP contribution in [0.5, 0.6) is 0 Å². The van der Waals surface area contributed by atoms with E-state index in [0.717, 1.165) is 23.8 Å². The van der Waals surface area contributed by atoms with Crippen molar-refractivity contribution in [1.82, 2.24) is 19.3 Å². The van der Waals surface area contributed by atoms with Crippen LogP contribution in [-0.4, -0.2) is 81.1 Å². The van der Waals surface area contributed by atoms with E-state index < -0.39 is 5.97 Å². The molecule has 0 spiro atoms. The van der Waals surface area contributed by atoms with E-state index in [-0.39, 0.29) is 49.3 Å². The van der Waals surface area contributed by atoms with Crippen LogP contribution in [-0.2, 0) is 29.1 Å². The number of hydrogen-bond donors (Lipinski definition) is 1. The Balaban J connectivity index is 0.00000190. The largest absolute Gasteiger partial charge is 0.480 e. The maximum absolute atomic E-state index is 13.4. The Bertz CT molecular complexity index is 1250. The lowest BCUT2D eigenvalue weighted by Crippen LogP contribution is -2.59. The summed E-state index contributed by atoms with van der Waals surface area (Å²) in [5.41, 5.74) is 3.76. The Kier molecular flexibility index (Phi) is 9.94. The molecule has 0 bridgehead atoms. The van der Waals surface area contributed by atoms with Crippen LogP contribution in [0.15, 0.2) is 36.4 Å². The van der Waals surface area contributed by atoms with Gasteiger partial charge in [-0.1, -0.05) is 29.8 Å². The molecule has 5 rings (SSSR count). The number of amides is 1. The SMILES string of the molecule is C[C@@H]1CN(CC(=O)N2CCc3c(n(Cc4ccc(Cl)s4)c4ccccc34)C2)C[C@H](C)N1CC(=O)O.Cl.Cl. The van der Waals surface area contributed by atoms with Gasteiger partial charge in [0, 0.05) is 53.2 Å². The lowest BCUT2D eigenvalue weighted by molar-refractivity contribution is -0.142. The molecule has 0 aliphatic carbocycles. The molecule has 2 aliphatic heterocycles. The van der Waals surface area contributed by atoms with E-state index in [1.54, 1.807) is 11.3 Å². The fourth-order valence-electron chi connectivity index (χ4n) is 5.73. The maximum atomic E-state index is 13.4. The summed E-state index contributed by atoms with van der Waals surface area (Å²) in [6.07, 6.45) is 0.846. The van der Waals surface area contributed by atoms with Gasteiger partial charge in [-0.05, 0) is 44.0 Å². The van der Waals surface area contributed by atoms with E-state index in [4.69, 9.17) is 11.6 Å². The number of rotatable bonds is 6. The Morgan fingerprint density at radius 3 is 2.41 bits per heavy atom. The normalized spacial score (nSPS) is 20.2. The number of thiophene rings is 1. The Labute approximate surface area is 238 Å². The van der Waals surface area contributed by atoms with Crippen LogP contribution in [0.25, 0.3) is 10.9 Å². The topological polar surface area (TPSA) is 69.0 Å². The molecule has 0 unspecified atom stereocenters. The zero-order valence-electron chi connectivity index (χ0n) is 20.9. The van der Waals surface area contributed by atoms with Crippen LogP contribution < -0.4 is 0 Å². The van der Waals surface area contributed by atoms with E-state index in [0.29, 0.717) is 26.2 Å². The molecule has 0 saturated carbocycles. The van der Waals surface area contributed by atoms with Gasteiger partial charge >= 0.3 is 5.97 Å². The number of aromatic nitrogens is 1. The number of fused-ring (bicyclic) bond motifs is 3. The lowest BCUT2D eigenvalue weighted by Gasteiger charge is -2.44. The molecule has 2 aliphatic rings. The van der Waals surface area contributed by atoms with Gasteiger partial charge in [0.25, 0.3) is 0 Å². The fraction of sp³-hybridized carbons (Fsp3) is 0.462. The van der Waals surface area contributed by atoms with Gasteiger partial charge in [-0.15, -0.1) is 36.2 Å². The third kappa shape index (κ3) is 6.27. The molecule has 3 aromatic rings. The van der Waals surface area contributed by atoms with Gasteiger partial charge in [0.2, 0.25) is 5.91 Å². The maximum Gasteiger partial charge on any atom is 0.317 e. The lowest BCUT2D eigenvalue weighted by atomic mass is 10.0. The predicted octanol–water partition coefficient (Wildman–Crippen LogP) is 4.61. The minimum Gasteiger partial charge on any atom is -0.480 e. The van der Waals surface area contributed by atoms with Gasteiger partial charge in [0.15, 0.2) is 0 Å². The fourth-order valence-corrected chi connectivity index (χ4v) is 6.81. The number of hydrogen-bond acceptors (Lipinski definition) is 5. The van der Waals surface area contributed by atoms with Crippen molar-refractivity contribution < 1.29 is 14.7 Å². The van der Waals surface area contributed by atoms with Crippen LogP contribution >= 0.6 is 47.8 Å². The van der Waals surface area contributed by atoms with Gasteiger partial charge in [0.05, 0.1) is 30.5 Å². The first kappa shape index (κ1) is 29.7. The standard InChI is InChI=1S/C26H31ClN4O3S.2ClH/c1-17-11-28(12-18(2)30(17)16-26(33)34)15-25(32)29-10-9-21-20-5-3-4-6-22(20)31(23(21)14-29)13-19-7-8-24(27)35-19;;/h3-8,17-18H,9-16H2,1-2H3,(H,33,34);2*1H/t17-,18+;;. The summed E-state index contributed by atoms with van der Waals surface area (Å²) in [6, 6.07) is 12.7. The minimum absolute atomic E-state index is 0. The zero-order valence-corrected chi connectivity index (χ0v) is 24.1. The number of carbonyl (C=O) groups is 2. The number of para-hydroxylation sites is 1. The van der Waals surface area contributed by atoms with Crippen LogP contribution in [0.1, 0.15) is 30.0 Å². The average Bonchev–Trinajstić information content (AvgIpc) is 3.37. The van der Waals surface area contributed by atoms with Crippen LogP contribution in [0.3, 0.4) is 0 Å². The van der Waals surface area contributed by atoms with E-state index in [2.05, 4.69) is 39.8 Å². The molecule has 37 heavy (non-hydrogen) atoms. The molecular formula is C26H33Cl3N4O3S. The highest BCUT2D eigenvalue weighted by Crippen LogP contribution is 2.33. The predicted molar refractivity (Wildman–Crippen MR) is 154 cm³/mol. The van der Waals surface area contributed by atoms with Crippen molar-refractivity contribution in [3.63, 3.8) is 0 Å². The third-order valence-electron chi connectivity index (χ3n) is 7.32. The highest BCUT2D eigenvalue weighted by molar-refractivity contribution is 7.16. The van der Waals surface area contributed by atoms with Crippen molar-refractivity contribution in [2.75, 3.05) is 32.7 Å². The highest BCUT2D eigenvalue weighted by Gasteiger charge is 2.33. The Morgan fingerprint density at radius 1 is 1.05 bits per heavy atom. The van der Waals surface area contributed by atoms with Crippen molar-refractivity contribution in [2.45, 2.75) is 45.4 Å². The van der Waals surface area contributed by atoms with Gasteiger partial charge in [-0.2, -0.15) is 0 Å². The molecule has 7 nitrogen and oxygen atoms in total. The number of nitrogens with zero attached hydrogens (tertiary/aromatic N) is 4. The number of carboxylic acids is 1. The molecule has 1 saturated heterocycles. The quantitative estimate of drug-likeness (QED) is 0.456. The number of piperazine rings is 1. The molecule has 0 radical (unpaired) electrons. The second-order valence-electron chi connectivity index (χ2n) is 9.76. The Morgan fingerprint density at radius 2 is 1.76 bits per heavy atom. The van der Waals surface area contributed by atoms with E-state index in [1.165, 1.54) is 27.0 Å². The molecule has 202 valence electrons. The van der Waals surface area contributed by atoms with Gasteiger partial charge in [0.1, 0.15) is 0 Å². The summed E-state index contributed by atoms with van der Waals surface area (Å²) in [4.78, 5) is 32.0. The number of carbonyl (C=O) groups excluding carboxylic acids is 1. The minimum atomic E-state index is -0.808. The van der Waals surface area contributed by atoms with Gasteiger partial charge in [-0.3, -0.25) is 19.4 Å². The Hall–Kier alpha value is -1.81. The smallest absolute Gasteiger partial charge is 0.317 e. The summed E-state index contributed by atoms with van der Waals surface area (Å²) in [7, 11) is 0. The molecule has 1 amide bonds. The first-order valence-corrected chi connectivity index (χ1v) is 13.3. The number of aliphatic carboxylic acids is 1. The van der Waals surface area contributed by atoms with E-state index in [9.17, 15) is 14.7 Å². The van der Waals surface area contributed by atoms with Crippen molar-refractivity contribution in [2.24, 2.45) is 0 Å². The summed E-state index contributed by atoms with van der Waals surface area (Å²) >= 11 is 7.79. The summed E-state index contributed by atoms with van der Waals surface area (Å²) in [6.45, 7) is 7.95. The van der Waals surface area contributed by atoms with Crippen molar-refractivity contribution in [1.29, 1.82) is 0 Å². The van der Waals surface area contributed by atoms with Crippen LogP contribution in [0.2, 0.25) is 4.34 Å². The van der Waals surface area contributed by atoms with Crippen molar-refractivity contribution in [3.05, 3.63) is 56.9 Å². The van der Waals surface area contributed by atoms with E-state index >= 15 is 0 Å². The molecular weight excluding hydrogens is 555 g/mol. The van der Waals surface area contributed by atoms with Gasteiger partial charge in [-0.25, -0.2) is 0 Å². The zero-order chi connectivity index (χ0) is 24.7. The van der Waals surface area contributed by atoms with E-state index in [1.807, 2.05) is 29.7 Å². The molecule has 2 aromatic heterocycles. The van der Waals surface area contributed by atoms with Crippen molar-refractivity contribution >= 4 is 70.5 Å². The first-order chi connectivity index (χ1) is 16.8. The third-order valence-corrected chi connectivity index (χ3v) is 8.53. The number of benzene rings is 1. The van der Waals surface area contributed by atoms with Crippen LogP contribution in [0.4, 0.5) is 0 Å². The molecule has 11 heteroatoms. The first-order valence-electron chi connectivity index (χ1n) is 12.1. The van der Waals surface area contributed by atoms with Crippen LogP contribution in [0, 0.1) is 0 Å². The van der Waals surface area contributed by atoms with Crippen molar-refractivity contribution in [3.8, 4) is 0 Å². The molecule has 4 heterocycles. The summed E-state index contributed by atoms with van der Waals surface area (Å²) in [5.74, 6) is -0.671. The number of halogens is 3. The molecule has 1 fully saturated rings. The molecule has 2 atom stereocenters. The van der Waals surface area contributed by atoms with Gasteiger partial charge < -0.3 is 14.6 Å². The summed E-state index contributed by atoms with van der Waals surface area (Å²) < 4.78 is 3.13. The average molecular weight is 588 g/mol. The number of carboxylic acid groups (broad SMARTS) is 1. The molecule has 1 aromatic carbocycles.